The van der Waals surface area contributed by atoms with Gasteiger partial charge in [-0.2, -0.15) is 0 Å². The summed E-state index contributed by atoms with van der Waals surface area (Å²) in [5.74, 6) is 1.77. The van der Waals surface area contributed by atoms with Gasteiger partial charge in [-0.1, -0.05) is 0 Å². The average molecular weight is 249 g/mol. The summed E-state index contributed by atoms with van der Waals surface area (Å²) in [5, 5.41) is 0. The van der Waals surface area contributed by atoms with E-state index in [0.29, 0.717) is 11.8 Å². The molecule has 0 aromatic carbocycles. The van der Waals surface area contributed by atoms with Crippen molar-refractivity contribution >= 4 is 11.6 Å². The van der Waals surface area contributed by atoms with Crippen LogP contribution in [0.3, 0.4) is 0 Å². The molecule has 0 saturated carbocycles. The lowest BCUT2D eigenvalue weighted by Crippen LogP contribution is -1.95. The lowest BCUT2D eigenvalue weighted by Gasteiger charge is -2.09. The highest BCUT2D eigenvalue weighted by Gasteiger charge is 2.06. The highest BCUT2D eigenvalue weighted by Crippen LogP contribution is 2.25. The van der Waals surface area contributed by atoms with Crippen molar-refractivity contribution in [2.75, 3.05) is 0 Å². The van der Waals surface area contributed by atoms with Crippen LogP contribution in [0.2, 0.25) is 0 Å². The fraction of sp³-hybridized carbons (Fsp3) is 0.231. The van der Waals surface area contributed by atoms with Gasteiger partial charge in [0.15, 0.2) is 5.75 Å². The maximum absolute atomic E-state index is 5.75. The zero-order valence-electron chi connectivity index (χ0n) is 9.77. The molecule has 0 amide bonds. The summed E-state index contributed by atoms with van der Waals surface area (Å²) in [4.78, 5) is 8.42. The van der Waals surface area contributed by atoms with Gasteiger partial charge in [-0.3, -0.25) is 4.98 Å². The van der Waals surface area contributed by atoms with E-state index in [0.717, 1.165) is 22.6 Å². The van der Waals surface area contributed by atoms with Gasteiger partial charge in [0.2, 0.25) is 5.88 Å². The summed E-state index contributed by atoms with van der Waals surface area (Å²) in [6.07, 6.45) is 3.46. The van der Waals surface area contributed by atoms with E-state index in [4.69, 9.17) is 16.3 Å². The summed E-state index contributed by atoms with van der Waals surface area (Å²) >= 11 is 5.75. The Morgan fingerprint density at radius 3 is 2.76 bits per heavy atom. The van der Waals surface area contributed by atoms with E-state index in [-0.39, 0.29) is 0 Å². The molecule has 4 heteroatoms. The zero-order chi connectivity index (χ0) is 12.3. The standard InChI is InChI=1S/C13H13ClN2O/c1-9-6-11(7-14)8-16-13(9)17-12-4-3-5-15-10(12)2/h3-6,8H,7H2,1-2H3. The number of pyridine rings is 2. The zero-order valence-corrected chi connectivity index (χ0v) is 10.5. The van der Waals surface area contributed by atoms with Crippen LogP contribution >= 0.6 is 11.6 Å². The molecule has 0 aliphatic rings. The molecule has 0 bridgehead atoms. The van der Waals surface area contributed by atoms with Crippen LogP contribution in [0.15, 0.2) is 30.6 Å². The Kier molecular flexibility index (Phi) is 3.59. The second-order valence-corrected chi connectivity index (χ2v) is 4.06. The van der Waals surface area contributed by atoms with Crippen molar-refractivity contribution in [3.8, 4) is 11.6 Å². The van der Waals surface area contributed by atoms with Crippen LogP contribution < -0.4 is 4.74 Å². The molecule has 0 fully saturated rings. The summed E-state index contributed by atoms with van der Waals surface area (Å²) < 4.78 is 5.72. The molecule has 0 spiro atoms. The van der Waals surface area contributed by atoms with E-state index in [1.54, 1.807) is 12.4 Å². The van der Waals surface area contributed by atoms with Crippen molar-refractivity contribution in [1.82, 2.24) is 9.97 Å². The number of nitrogens with zero attached hydrogens (tertiary/aromatic N) is 2. The Bertz CT molecular complexity index is 529. The number of hydrogen-bond donors (Lipinski definition) is 0. The minimum absolute atomic E-state index is 0.458. The maximum atomic E-state index is 5.75. The first kappa shape index (κ1) is 11.9. The Balaban J connectivity index is 2.28. The number of aromatic nitrogens is 2. The number of halogens is 1. The average Bonchev–Trinajstić information content (AvgIpc) is 2.34. The topological polar surface area (TPSA) is 35.0 Å². The number of ether oxygens (including phenoxy) is 1. The van der Waals surface area contributed by atoms with Gasteiger partial charge in [-0.25, -0.2) is 4.98 Å². The molecule has 0 atom stereocenters. The van der Waals surface area contributed by atoms with Crippen molar-refractivity contribution in [3.63, 3.8) is 0 Å². The molecule has 0 aliphatic heterocycles. The third-order valence-electron chi connectivity index (χ3n) is 2.41. The van der Waals surface area contributed by atoms with Crippen molar-refractivity contribution in [2.45, 2.75) is 19.7 Å². The van der Waals surface area contributed by atoms with Crippen LogP contribution in [0.25, 0.3) is 0 Å². The SMILES string of the molecule is Cc1cc(CCl)cnc1Oc1cccnc1C. The molecule has 17 heavy (non-hydrogen) atoms. The van der Waals surface area contributed by atoms with Crippen LogP contribution in [0.5, 0.6) is 11.6 Å². The largest absolute Gasteiger partial charge is 0.437 e. The number of hydrogen-bond acceptors (Lipinski definition) is 3. The highest BCUT2D eigenvalue weighted by molar-refractivity contribution is 6.17. The van der Waals surface area contributed by atoms with Gasteiger partial charge in [-0.15, -0.1) is 11.6 Å². The summed E-state index contributed by atoms with van der Waals surface area (Å²) in [7, 11) is 0. The maximum Gasteiger partial charge on any atom is 0.222 e. The molecular weight excluding hydrogens is 236 g/mol. The minimum atomic E-state index is 0.458. The molecule has 0 N–H and O–H groups in total. The van der Waals surface area contributed by atoms with E-state index >= 15 is 0 Å². The molecule has 2 aromatic rings. The van der Waals surface area contributed by atoms with E-state index in [1.165, 1.54) is 0 Å². The smallest absolute Gasteiger partial charge is 0.222 e. The molecule has 2 heterocycles. The van der Waals surface area contributed by atoms with E-state index < -0.39 is 0 Å². The first-order valence-corrected chi connectivity index (χ1v) is 5.85. The molecule has 0 unspecified atom stereocenters. The predicted molar refractivity (Wildman–Crippen MR) is 67.6 cm³/mol. The number of rotatable bonds is 3. The summed E-state index contributed by atoms with van der Waals surface area (Å²) in [5.41, 5.74) is 2.79. The quantitative estimate of drug-likeness (QED) is 0.778. The van der Waals surface area contributed by atoms with Crippen LogP contribution in [-0.2, 0) is 5.88 Å². The molecule has 2 rings (SSSR count). The molecule has 0 aliphatic carbocycles. The van der Waals surface area contributed by atoms with Gasteiger partial charge in [0.25, 0.3) is 0 Å². The van der Waals surface area contributed by atoms with Crippen LogP contribution in [-0.4, -0.2) is 9.97 Å². The second-order valence-electron chi connectivity index (χ2n) is 3.79. The van der Waals surface area contributed by atoms with E-state index in [1.807, 2.05) is 32.0 Å². The van der Waals surface area contributed by atoms with Gasteiger partial charge in [0.05, 0.1) is 5.69 Å². The summed E-state index contributed by atoms with van der Waals surface area (Å²) in [6.45, 7) is 3.85. The van der Waals surface area contributed by atoms with Crippen LogP contribution in [0.1, 0.15) is 16.8 Å². The molecule has 2 aromatic heterocycles. The van der Waals surface area contributed by atoms with Gasteiger partial charge >= 0.3 is 0 Å². The normalized spacial score (nSPS) is 10.3. The number of aryl methyl sites for hydroxylation is 2. The van der Waals surface area contributed by atoms with Crippen molar-refractivity contribution in [2.24, 2.45) is 0 Å². The summed E-state index contributed by atoms with van der Waals surface area (Å²) in [6, 6.07) is 5.69. The van der Waals surface area contributed by atoms with Crippen molar-refractivity contribution in [1.29, 1.82) is 0 Å². The van der Waals surface area contributed by atoms with Gasteiger partial charge in [-0.05, 0) is 37.6 Å². The first-order valence-electron chi connectivity index (χ1n) is 5.31. The van der Waals surface area contributed by atoms with Crippen molar-refractivity contribution < 1.29 is 4.74 Å². The Labute approximate surface area is 105 Å². The Morgan fingerprint density at radius 2 is 2.12 bits per heavy atom. The lowest BCUT2D eigenvalue weighted by molar-refractivity contribution is 0.452. The van der Waals surface area contributed by atoms with Crippen LogP contribution in [0, 0.1) is 13.8 Å². The van der Waals surface area contributed by atoms with Gasteiger partial charge < -0.3 is 4.74 Å². The molecule has 3 nitrogen and oxygen atoms in total. The minimum Gasteiger partial charge on any atom is -0.437 e. The van der Waals surface area contributed by atoms with Gasteiger partial charge in [0.1, 0.15) is 0 Å². The first-order chi connectivity index (χ1) is 8.20. The highest BCUT2D eigenvalue weighted by atomic mass is 35.5. The third kappa shape index (κ3) is 2.74. The van der Waals surface area contributed by atoms with Crippen molar-refractivity contribution in [3.05, 3.63) is 47.4 Å². The second kappa shape index (κ2) is 5.15. The fourth-order valence-corrected chi connectivity index (χ4v) is 1.63. The Hall–Kier alpha value is -1.61. The third-order valence-corrected chi connectivity index (χ3v) is 2.71. The molecule has 0 saturated heterocycles. The Morgan fingerprint density at radius 1 is 1.29 bits per heavy atom. The van der Waals surface area contributed by atoms with E-state index in [2.05, 4.69) is 9.97 Å². The monoisotopic (exact) mass is 248 g/mol. The van der Waals surface area contributed by atoms with Crippen LogP contribution in [0.4, 0.5) is 0 Å². The predicted octanol–water partition coefficient (Wildman–Crippen LogP) is 3.62. The molecule has 88 valence electrons. The van der Waals surface area contributed by atoms with Gasteiger partial charge in [0, 0.05) is 23.8 Å². The molecular formula is C13H13ClN2O. The fourth-order valence-electron chi connectivity index (χ4n) is 1.48. The molecule has 0 radical (unpaired) electrons. The number of alkyl halides is 1. The van der Waals surface area contributed by atoms with E-state index in [9.17, 15) is 0 Å². The lowest BCUT2D eigenvalue weighted by atomic mass is 10.2.